The average Bonchev–Trinajstić information content (AvgIpc) is 2.56. The van der Waals surface area contributed by atoms with Crippen LogP contribution in [-0.2, 0) is 0 Å². The number of aromatic amines is 1. The summed E-state index contributed by atoms with van der Waals surface area (Å²) in [7, 11) is 0. The number of fused-ring (bicyclic) bond motifs is 1. The monoisotopic (exact) mass is 174 g/mol. The number of carbonyl (C=O) groups excluding carboxylic acids is 1. The Morgan fingerprint density at radius 3 is 2.85 bits per heavy atom. The van der Waals surface area contributed by atoms with E-state index in [9.17, 15) is 4.79 Å². The van der Waals surface area contributed by atoms with Crippen molar-refractivity contribution in [2.45, 2.75) is 6.92 Å². The van der Waals surface area contributed by atoms with E-state index in [0.29, 0.717) is 11.4 Å². The SMILES string of the molecule is Cc1ccc(N)c2[nH]c(C=O)cc12. The smallest absolute Gasteiger partial charge is 0.166 e. The molecule has 0 amide bonds. The summed E-state index contributed by atoms with van der Waals surface area (Å²) in [5, 5.41) is 1.02. The zero-order chi connectivity index (χ0) is 9.42. The van der Waals surface area contributed by atoms with Gasteiger partial charge in [-0.1, -0.05) is 6.07 Å². The van der Waals surface area contributed by atoms with E-state index in [1.165, 1.54) is 0 Å². The van der Waals surface area contributed by atoms with Gasteiger partial charge in [-0.2, -0.15) is 0 Å². The molecule has 0 saturated carbocycles. The molecule has 0 bridgehead atoms. The van der Waals surface area contributed by atoms with Crippen LogP contribution in [0.25, 0.3) is 10.9 Å². The van der Waals surface area contributed by atoms with Crippen molar-refractivity contribution >= 4 is 22.9 Å². The maximum atomic E-state index is 10.5. The molecule has 1 aromatic heterocycles. The predicted molar refractivity (Wildman–Crippen MR) is 52.8 cm³/mol. The van der Waals surface area contributed by atoms with Gasteiger partial charge in [-0.3, -0.25) is 4.79 Å². The number of nitrogens with two attached hydrogens (primary N) is 1. The number of rotatable bonds is 1. The second kappa shape index (κ2) is 2.62. The third kappa shape index (κ3) is 1.09. The molecule has 0 aliphatic rings. The highest BCUT2D eigenvalue weighted by molar-refractivity contribution is 5.96. The molecular formula is C10H10N2O. The van der Waals surface area contributed by atoms with Gasteiger partial charge in [0.25, 0.3) is 0 Å². The van der Waals surface area contributed by atoms with Crippen LogP contribution in [0.1, 0.15) is 16.1 Å². The van der Waals surface area contributed by atoms with Crippen LogP contribution in [0.2, 0.25) is 0 Å². The normalized spacial score (nSPS) is 10.5. The zero-order valence-electron chi connectivity index (χ0n) is 7.29. The van der Waals surface area contributed by atoms with Gasteiger partial charge >= 0.3 is 0 Å². The quantitative estimate of drug-likeness (QED) is 0.512. The summed E-state index contributed by atoms with van der Waals surface area (Å²) in [5.41, 5.74) is 8.95. The van der Waals surface area contributed by atoms with Gasteiger partial charge in [-0.25, -0.2) is 0 Å². The first-order valence-electron chi connectivity index (χ1n) is 4.05. The molecule has 0 aliphatic heterocycles. The number of hydrogen-bond donors (Lipinski definition) is 2. The number of nitrogens with one attached hydrogen (secondary N) is 1. The summed E-state index contributed by atoms with van der Waals surface area (Å²) in [5.74, 6) is 0. The van der Waals surface area contributed by atoms with E-state index in [0.717, 1.165) is 22.8 Å². The number of H-pyrrole nitrogens is 1. The summed E-state index contributed by atoms with van der Waals surface area (Å²) in [4.78, 5) is 13.5. The van der Waals surface area contributed by atoms with Crippen LogP contribution >= 0.6 is 0 Å². The topological polar surface area (TPSA) is 58.9 Å². The lowest BCUT2D eigenvalue weighted by Crippen LogP contribution is -1.87. The average molecular weight is 174 g/mol. The van der Waals surface area contributed by atoms with Crippen LogP contribution in [0.15, 0.2) is 18.2 Å². The Morgan fingerprint density at radius 2 is 2.23 bits per heavy atom. The minimum Gasteiger partial charge on any atom is -0.397 e. The van der Waals surface area contributed by atoms with E-state index in [1.807, 2.05) is 25.1 Å². The molecule has 0 aliphatic carbocycles. The predicted octanol–water partition coefficient (Wildman–Crippen LogP) is 1.87. The Morgan fingerprint density at radius 1 is 1.46 bits per heavy atom. The van der Waals surface area contributed by atoms with Crippen LogP contribution in [0.4, 0.5) is 5.69 Å². The molecule has 66 valence electrons. The van der Waals surface area contributed by atoms with Gasteiger partial charge < -0.3 is 10.7 Å². The molecule has 1 aromatic carbocycles. The summed E-state index contributed by atoms with van der Waals surface area (Å²) >= 11 is 0. The largest absolute Gasteiger partial charge is 0.397 e. The highest BCUT2D eigenvalue weighted by Gasteiger charge is 2.04. The van der Waals surface area contributed by atoms with Crippen molar-refractivity contribution in [3.05, 3.63) is 29.5 Å². The fourth-order valence-electron chi connectivity index (χ4n) is 1.47. The van der Waals surface area contributed by atoms with Crippen LogP contribution in [0.5, 0.6) is 0 Å². The molecular weight excluding hydrogens is 164 g/mol. The van der Waals surface area contributed by atoms with Gasteiger partial charge in [-0.15, -0.1) is 0 Å². The van der Waals surface area contributed by atoms with Gasteiger partial charge in [0.1, 0.15) is 0 Å². The number of aromatic nitrogens is 1. The molecule has 3 N–H and O–H groups in total. The molecule has 0 unspecified atom stereocenters. The number of benzene rings is 1. The highest BCUT2D eigenvalue weighted by Crippen LogP contribution is 2.23. The second-order valence-electron chi connectivity index (χ2n) is 3.10. The summed E-state index contributed by atoms with van der Waals surface area (Å²) in [6.07, 6.45) is 0.791. The van der Waals surface area contributed by atoms with Crippen molar-refractivity contribution in [1.82, 2.24) is 4.98 Å². The Hall–Kier alpha value is -1.77. The van der Waals surface area contributed by atoms with Crippen LogP contribution in [-0.4, -0.2) is 11.3 Å². The summed E-state index contributed by atoms with van der Waals surface area (Å²) in [6.45, 7) is 1.99. The van der Waals surface area contributed by atoms with Crippen LogP contribution < -0.4 is 5.73 Å². The van der Waals surface area contributed by atoms with Gasteiger partial charge in [0.2, 0.25) is 0 Å². The number of anilines is 1. The fourth-order valence-corrected chi connectivity index (χ4v) is 1.47. The van der Waals surface area contributed by atoms with Gasteiger partial charge in [0.05, 0.1) is 16.9 Å². The van der Waals surface area contributed by atoms with Crippen molar-refractivity contribution in [2.75, 3.05) is 5.73 Å². The van der Waals surface area contributed by atoms with Gasteiger partial charge in [0.15, 0.2) is 6.29 Å². The van der Waals surface area contributed by atoms with E-state index in [2.05, 4.69) is 4.98 Å². The van der Waals surface area contributed by atoms with Crippen LogP contribution in [0.3, 0.4) is 0 Å². The minimum atomic E-state index is 0.566. The number of nitrogen functional groups attached to an aromatic ring is 1. The molecule has 3 heteroatoms. The van der Waals surface area contributed by atoms with Crippen molar-refractivity contribution < 1.29 is 4.79 Å². The Balaban J connectivity index is 2.87. The van der Waals surface area contributed by atoms with E-state index >= 15 is 0 Å². The molecule has 1 heterocycles. The number of carbonyl (C=O) groups is 1. The highest BCUT2D eigenvalue weighted by atomic mass is 16.1. The molecule has 0 atom stereocenters. The van der Waals surface area contributed by atoms with Gasteiger partial charge in [0, 0.05) is 5.39 Å². The molecule has 3 nitrogen and oxygen atoms in total. The van der Waals surface area contributed by atoms with E-state index in [-0.39, 0.29) is 0 Å². The Bertz CT molecular complexity index is 432. The molecule has 0 radical (unpaired) electrons. The number of aryl methyl sites for hydroxylation is 1. The third-order valence-corrected chi connectivity index (χ3v) is 2.19. The van der Waals surface area contributed by atoms with E-state index < -0.39 is 0 Å². The second-order valence-corrected chi connectivity index (χ2v) is 3.10. The first-order chi connectivity index (χ1) is 6.22. The van der Waals surface area contributed by atoms with Crippen molar-refractivity contribution in [3.63, 3.8) is 0 Å². The molecule has 13 heavy (non-hydrogen) atoms. The maximum Gasteiger partial charge on any atom is 0.166 e. The molecule has 2 aromatic rings. The molecule has 0 saturated heterocycles. The van der Waals surface area contributed by atoms with Crippen molar-refractivity contribution in [2.24, 2.45) is 0 Å². The lowest BCUT2D eigenvalue weighted by molar-refractivity contribution is 0.112. The Labute approximate surface area is 75.6 Å². The minimum absolute atomic E-state index is 0.566. The lowest BCUT2D eigenvalue weighted by Gasteiger charge is -1.98. The maximum absolute atomic E-state index is 10.5. The first-order valence-corrected chi connectivity index (χ1v) is 4.05. The van der Waals surface area contributed by atoms with Crippen LogP contribution in [0, 0.1) is 6.92 Å². The summed E-state index contributed by atoms with van der Waals surface area (Å²) < 4.78 is 0. The lowest BCUT2D eigenvalue weighted by atomic mass is 10.1. The molecule has 0 spiro atoms. The number of aldehydes is 1. The Kier molecular flexibility index (Phi) is 1.59. The summed E-state index contributed by atoms with van der Waals surface area (Å²) in [6, 6.07) is 5.59. The van der Waals surface area contributed by atoms with Crippen molar-refractivity contribution in [3.8, 4) is 0 Å². The molecule has 0 fully saturated rings. The zero-order valence-corrected chi connectivity index (χ0v) is 7.29. The van der Waals surface area contributed by atoms with Gasteiger partial charge in [-0.05, 0) is 24.6 Å². The standard InChI is InChI=1S/C10H10N2O/c1-6-2-3-9(11)10-8(6)4-7(5-13)12-10/h2-5,12H,11H2,1H3. The van der Waals surface area contributed by atoms with E-state index in [1.54, 1.807) is 0 Å². The number of hydrogen-bond acceptors (Lipinski definition) is 2. The fraction of sp³-hybridized carbons (Fsp3) is 0.100. The first kappa shape index (κ1) is 7.86. The molecule has 2 rings (SSSR count). The van der Waals surface area contributed by atoms with E-state index in [4.69, 9.17) is 5.73 Å². The third-order valence-electron chi connectivity index (χ3n) is 2.19. The van der Waals surface area contributed by atoms with Crippen molar-refractivity contribution in [1.29, 1.82) is 0 Å².